The molecule has 1 amide bonds. The molecule has 1 fully saturated rings. The SMILES string of the molecule is CC#CCn1c(N2CCC[C@@H](N)C2)cc(=O)n(Cc2cccc(C(=O)NCC(=O)OC)c2)c1=O. The Hall–Kier alpha value is -3.84. The van der Waals surface area contributed by atoms with Crippen molar-refractivity contribution < 1.29 is 14.3 Å². The molecule has 3 rings (SSSR count). The lowest BCUT2D eigenvalue weighted by Gasteiger charge is -2.33. The summed E-state index contributed by atoms with van der Waals surface area (Å²) in [5.74, 6) is 5.18. The van der Waals surface area contributed by atoms with Crippen LogP contribution in [0.5, 0.6) is 0 Å². The van der Waals surface area contributed by atoms with Gasteiger partial charge < -0.3 is 20.7 Å². The maximum Gasteiger partial charge on any atom is 0.333 e. The van der Waals surface area contributed by atoms with Crippen molar-refractivity contribution in [1.29, 1.82) is 0 Å². The number of methoxy groups -OCH3 is 1. The van der Waals surface area contributed by atoms with Crippen LogP contribution < -0.4 is 27.2 Å². The molecule has 1 aromatic carbocycles. The summed E-state index contributed by atoms with van der Waals surface area (Å²) in [6.45, 7) is 2.82. The Morgan fingerprint density at radius 1 is 1.24 bits per heavy atom. The van der Waals surface area contributed by atoms with E-state index in [0.717, 1.165) is 17.4 Å². The van der Waals surface area contributed by atoms with Gasteiger partial charge in [-0.25, -0.2) is 4.79 Å². The quantitative estimate of drug-likeness (QED) is 0.430. The van der Waals surface area contributed by atoms with E-state index in [9.17, 15) is 19.2 Å². The molecule has 180 valence electrons. The van der Waals surface area contributed by atoms with Gasteiger partial charge in [-0.1, -0.05) is 18.1 Å². The van der Waals surface area contributed by atoms with Crippen LogP contribution >= 0.6 is 0 Å². The van der Waals surface area contributed by atoms with E-state index in [0.29, 0.717) is 30.0 Å². The molecule has 0 aliphatic carbocycles. The summed E-state index contributed by atoms with van der Waals surface area (Å²) < 4.78 is 7.13. The number of hydrogen-bond donors (Lipinski definition) is 2. The Kier molecular flexibility index (Phi) is 8.27. The molecular weight excluding hydrogens is 438 g/mol. The number of piperidine rings is 1. The number of carbonyl (C=O) groups excluding carboxylic acids is 2. The number of benzene rings is 1. The second kappa shape index (κ2) is 11.3. The number of anilines is 1. The number of nitrogens with two attached hydrogens (primary N) is 1. The predicted molar refractivity (Wildman–Crippen MR) is 128 cm³/mol. The average Bonchev–Trinajstić information content (AvgIpc) is 2.84. The number of esters is 1. The molecule has 1 aliphatic rings. The summed E-state index contributed by atoms with van der Waals surface area (Å²) in [5, 5.41) is 2.46. The molecule has 2 aromatic rings. The lowest BCUT2D eigenvalue weighted by molar-refractivity contribution is -0.139. The molecule has 3 N–H and O–H groups in total. The van der Waals surface area contributed by atoms with Gasteiger partial charge in [-0.2, -0.15) is 0 Å². The molecule has 2 heterocycles. The lowest BCUT2D eigenvalue weighted by atomic mass is 10.1. The topological polar surface area (TPSA) is 129 Å². The number of ether oxygens (including phenoxy) is 1. The van der Waals surface area contributed by atoms with Gasteiger partial charge in [0.25, 0.3) is 11.5 Å². The first-order valence-corrected chi connectivity index (χ1v) is 11.0. The minimum Gasteiger partial charge on any atom is -0.468 e. The Labute approximate surface area is 197 Å². The van der Waals surface area contributed by atoms with E-state index in [-0.39, 0.29) is 25.7 Å². The van der Waals surface area contributed by atoms with Gasteiger partial charge in [0.1, 0.15) is 12.4 Å². The predicted octanol–water partition coefficient (Wildman–Crippen LogP) is -0.0881. The van der Waals surface area contributed by atoms with E-state index < -0.39 is 23.1 Å². The number of hydrogen-bond acceptors (Lipinski definition) is 7. The maximum absolute atomic E-state index is 13.3. The molecule has 0 radical (unpaired) electrons. The zero-order valence-electron chi connectivity index (χ0n) is 19.4. The van der Waals surface area contributed by atoms with Crippen LogP contribution in [0.15, 0.2) is 39.9 Å². The second-order valence-corrected chi connectivity index (χ2v) is 8.03. The van der Waals surface area contributed by atoms with Gasteiger partial charge in [0, 0.05) is 30.8 Å². The maximum atomic E-state index is 13.3. The summed E-state index contributed by atoms with van der Waals surface area (Å²) in [7, 11) is 1.23. The highest BCUT2D eigenvalue weighted by atomic mass is 16.5. The molecule has 0 bridgehead atoms. The van der Waals surface area contributed by atoms with Crippen LogP contribution in [-0.2, 0) is 22.6 Å². The number of nitrogens with one attached hydrogen (secondary N) is 1. The van der Waals surface area contributed by atoms with Crippen LogP contribution in [0, 0.1) is 11.8 Å². The van der Waals surface area contributed by atoms with Gasteiger partial charge in [0.05, 0.1) is 20.2 Å². The molecule has 0 unspecified atom stereocenters. The molecule has 0 saturated carbocycles. The van der Waals surface area contributed by atoms with Crippen LogP contribution in [0.1, 0.15) is 35.7 Å². The first kappa shape index (κ1) is 24.8. The average molecular weight is 468 g/mol. The van der Waals surface area contributed by atoms with Crippen LogP contribution in [0.3, 0.4) is 0 Å². The largest absolute Gasteiger partial charge is 0.468 e. The smallest absolute Gasteiger partial charge is 0.333 e. The number of rotatable bonds is 7. The van der Waals surface area contributed by atoms with Crippen molar-refractivity contribution in [3.63, 3.8) is 0 Å². The summed E-state index contributed by atoms with van der Waals surface area (Å²) in [6, 6.07) is 7.95. The van der Waals surface area contributed by atoms with Crippen molar-refractivity contribution in [3.8, 4) is 11.8 Å². The van der Waals surface area contributed by atoms with Crippen molar-refractivity contribution in [2.75, 3.05) is 31.6 Å². The van der Waals surface area contributed by atoms with Crippen LogP contribution in [0.2, 0.25) is 0 Å². The van der Waals surface area contributed by atoms with Crippen LogP contribution in [0.4, 0.5) is 5.82 Å². The number of amides is 1. The molecular formula is C24H29N5O5. The monoisotopic (exact) mass is 467 g/mol. The Bertz CT molecular complexity index is 1240. The lowest BCUT2D eigenvalue weighted by Crippen LogP contribution is -2.48. The van der Waals surface area contributed by atoms with E-state index in [1.54, 1.807) is 31.2 Å². The fourth-order valence-electron chi connectivity index (χ4n) is 3.86. The zero-order valence-corrected chi connectivity index (χ0v) is 19.4. The van der Waals surface area contributed by atoms with Crippen molar-refractivity contribution in [2.24, 2.45) is 5.73 Å². The minimum atomic E-state index is -0.568. The number of aromatic nitrogens is 2. The van der Waals surface area contributed by atoms with E-state index >= 15 is 0 Å². The highest BCUT2D eigenvalue weighted by Crippen LogP contribution is 2.17. The van der Waals surface area contributed by atoms with Crippen molar-refractivity contribution in [1.82, 2.24) is 14.5 Å². The fourth-order valence-corrected chi connectivity index (χ4v) is 3.86. The molecule has 10 nitrogen and oxygen atoms in total. The van der Waals surface area contributed by atoms with E-state index in [2.05, 4.69) is 21.9 Å². The molecule has 0 spiro atoms. The van der Waals surface area contributed by atoms with Crippen molar-refractivity contribution >= 4 is 17.7 Å². The summed E-state index contributed by atoms with van der Waals surface area (Å²) >= 11 is 0. The van der Waals surface area contributed by atoms with Crippen LogP contribution in [0.25, 0.3) is 0 Å². The van der Waals surface area contributed by atoms with Crippen molar-refractivity contribution in [3.05, 3.63) is 62.3 Å². The zero-order chi connectivity index (χ0) is 24.7. The number of carbonyl (C=O) groups is 2. The van der Waals surface area contributed by atoms with Gasteiger partial charge in [0.2, 0.25) is 0 Å². The van der Waals surface area contributed by atoms with E-state index in [1.165, 1.54) is 17.7 Å². The molecule has 1 aromatic heterocycles. The first-order chi connectivity index (χ1) is 16.3. The Morgan fingerprint density at radius 3 is 2.74 bits per heavy atom. The minimum absolute atomic E-state index is 0.0187. The standard InChI is InChI=1S/C24H29N5O5/c1-3-4-11-28-20(27-10-6-9-19(25)16-27)13-21(30)29(24(28)33)15-17-7-5-8-18(12-17)23(32)26-14-22(31)34-2/h5,7-8,12-13,19H,6,9-11,14-16,25H2,1-2H3,(H,26,32)/t19-/m1/s1. The first-order valence-electron chi connectivity index (χ1n) is 11.0. The fraction of sp³-hybridized carbons (Fsp3) is 0.417. The third-order valence-corrected chi connectivity index (χ3v) is 5.60. The van der Waals surface area contributed by atoms with Gasteiger partial charge in [0.15, 0.2) is 0 Å². The molecule has 1 atom stereocenters. The number of nitrogens with zero attached hydrogens (tertiary/aromatic N) is 3. The summed E-state index contributed by atoms with van der Waals surface area (Å²) in [4.78, 5) is 51.9. The normalized spacial score (nSPS) is 15.3. The third-order valence-electron chi connectivity index (χ3n) is 5.60. The Morgan fingerprint density at radius 2 is 2.03 bits per heavy atom. The Balaban J connectivity index is 1.92. The molecule has 34 heavy (non-hydrogen) atoms. The summed E-state index contributed by atoms with van der Waals surface area (Å²) in [6.07, 6.45) is 1.78. The molecule has 10 heteroatoms. The summed E-state index contributed by atoms with van der Waals surface area (Å²) in [5.41, 5.74) is 6.07. The van der Waals surface area contributed by atoms with Gasteiger partial charge >= 0.3 is 11.7 Å². The van der Waals surface area contributed by atoms with E-state index in [4.69, 9.17) is 5.73 Å². The molecule has 1 aliphatic heterocycles. The highest BCUT2D eigenvalue weighted by Gasteiger charge is 2.22. The van der Waals surface area contributed by atoms with Crippen molar-refractivity contribution in [2.45, 2.75) is 38.9 Å². The highest BCUT2D eigenvalue weighted by molar-refractivity contribution is 5.96. The van der Waals surface area contributed by atoms with Gasteiger partial charge in [-0.3, -0.25) is 23.5 Å². The van der Waals surface area contributed by atoms with Crippen LogP contribution in [-0.4, -0.2) is 53.8 Å². The third kappa shape index (κ3) is 5.94. The molecule has 1 saturated heterocycles. The van der Waals surface area contributed by atoms with E-state index in [1.807, 2.05) is 4.90 Å². The van der Waals surface area contributed by atoms with Gasteiger partial charge in [-0.05, 0) is 37.5 Å². The van der Waals surface area contributed by atoms with Gasteiger partial charge in [-0.15, -0.1) is 5.92 Å². The second-order valence-electron chi connectivity index (χ2n) is 8.03.